The fourth-order valence-corrected chi connectivity index (χ4v) is 4.91. The zero-order valence-electron chi connectivity index (χ0n) is 23.2. The summed E-state index contributed by atoms with van der Waals surface area (Å²) in [5, 5.41) is 2.78. The van der Waals surface area contributed by atoms with Crippen LogP contribution in [0, 0.1) is 0 Å². The number of fused-ring (bicyclic) bond motifs is 1. The molecule has 1 fully saturated rings. The summed E-state index contributed by atoms with van der Waals surface area (Å²) in [6.07, 6.45) is -0.968. The highest BCUT2D eigenvalue weighted by Gasteiger charge is 2.37. The molecule has 3 aromatic heterocycles. The lowest BCUT2D eigenvalue weighted by molar-refractivity contribution is -0.660. The van der Waals surface area contributed by atoms with Crippen LogP contribution in [0.25, 0.3) is 28.3 Å². The van der Waals surface area contributed by atoms with Gasteiger partial charge in [0.15, 0.2) is 6.20 Å². The van der Waals surface area contributed by atoms with E-state index in [9.17, 15) is 27.2 Å². The first-order chi connectivity index (χ1) is 20.4. The van der Waals surface area contributed by atoms with Gasteiger partial charge in [-0.3, -0.25) is 9.59 Å². The van der Waals surface area contributed by atoms with E-state index >= 15 is 0 Å². The van der Waals surface area contributed by atoms with Crippen molar-refractivity contribution in [3.05, 3.63) is 83.4 Å². The Morgan fingerprint density at radius 3 is 2.65 bits per heavy atom. The van der Waals surface area contributed by atoms with Gasteiger partial charge < -0.3 is 25.1 Å². The van der Waals surface area contributed by atoms with Crippen molar-refractivity contribution >= 4 is 34.7 Å². The molecule has 9 nitrogen and oxygen atoms in total. The molecule has 2 amide bonds. The number of alkyl halides is 4. The molecule has 13 heteroatoms. The molecule has 2 atom stereocenters. The van der Waals surface area contributed by atoms with E-state index in [1.165, 1.54) is 59.3 Å². The van der Waals surface area contributed by atoms with Crippen molar-refractivity contribution in [2.75, 3.05) is 25.9 Å². The van der Waals surface area contributed by atoms with Crippen LogP contribution in [0.15, 0.2) is 65.4 Å². The maximum absolute atomic E-state index is 14.1. The Morgan fingerprint density at radius 1 is 1.21 bits per heavy atom. The van der Waals surface area contributed by atoms with Crippen LogP contribution < -0.4 is 15.6 Å². The highest BCUT2D eigenvalue weighted by atomic mass is 19.4. The monoisotopic (exact) mass is 598 g/mol. The van der Waals surface area contributed by atoms with Gasteiger partial charge in [0.05, 0.1) is 25.2 Å². The molecule has 1 saturated heterocycles. The number of rotatable bonds is 7. The second kappa shape index (κ2) is 11.8. The molecule has 0 aliphatic carbocycles. The number of carbonyl (C=O) groups excluding carboxylic acids is 2. The van der Waals surface area contributed by atoms with Gasteiger partial charge in [0.25, 0.3) is 5.91 Å². The van der Waals surface area contributed by atoms with E-state index in [0.717, 1.165) is 6.07 Å². The van der Waals surface area contributed by atoms with Crippen LogP contribution in [0.2, 0.25) is 0 Å². The van der Waals surface area contributed by atoms with Crippen molar-refractivity contribution < 1.29 is 40.9 Å². The molecule has 5 rings (SSSR count). The Kier molecular flexibility index (Phi) is 8.18. The minimum Gasteiger partial charge on any atom is -0.459 e. The van der Waals surface area contributed by atoms with Crippen LogP contribution >= 0.6 is 0 Å². The number of hydrogen-bond acceptors (Lipinski definition) is 6. The number of carbonyl (C=O) groups is 2. The summed E-state index contributed by atoms with van der Waals surface area (Å²) >= 11 is 0. The summed E-state index contributed by atoms with van der Waals surface area (Å²) < 4.78 is 68.6. The maximum Gasteiger partial charge on any atom is 0.420 e. The van der Waals surface area contributed by atoms with Gasteiger partial charge in [0.1, 0.15) is 42.0 Å². The predicted octanol–water partition coefficient (Wildman–Crippen LogP) is 4.06. The Bertz CT molecular complexity index is 1700. The molecule has 1 aliphatic rings. The number of nitrogen functional groups attached to an aromatic ring is 1. The van der Waals surface area contributed by atoms with Gasteiger partial charge in [-0.2, -0.15) is 13.2 Å². The SMILES string of the molecule is COC1CN(C(=O)c2ccc(-c3cc(C(F)(F)F)c4oc(CNC(=O)C=Cc5ccc(N)nc5)cc4c3)[n+](C)c2)CC1F. The average Bonchev–Trinajstić information content (AvgIpc) is 3.56. The lowest BCUT2D eigenvalue weighted by Gasteiger charge is -2.15. The number of likely N-dealkylation sites (tertiary alicyclic amines) is 1. The second-order valence-electron chi connectivity index (χ2n) is 10.1. The zero-order valence-corrected chi connectivity index (χ0v) is 23.2. The van der Waals surface area contributed by atoms with E-state index in [2.05, 4.69) is 10.3 Å². The first-order valence-corrected chi connectivity index (χ1v) is 13.2. The summed E-state index contributed by atoms with van der Waals surface area (Å²) in [6, 6.07) is 10.3. The first-order valence-electron chi connectivity index (χ1n) is 13.2. The minimum absolute atomic E-state index is 0.103. The van der Waals surface area contributed by atoms with Crippen molar-refractivity contribution in [3.8, 4) is 11.3 Å². The number of benzene rings is 1. The van der Waals surface area contributed by atoms with E-state index in [4.69, 9.17) is 14.9 Å². The normalized spacial score (nSPS) is 17.2. The number of nitrogens with zero attached hydrogens (tertiary/aromatic N) is 3. The van der Waals surface area contributed by atoms with Crippen LogP contribution in [-0.2, 0) is 29.3 Å². The third-order valence-electron chi connectivity index (χ3n) is 7.11. The topological polar surface area (TPSA) is 115 Å². The van der Waals surface area contributed by atoms with E-state index in [0.29, 0.717) is 17.1 Å². The van der Waals surface area contributed by atoms with Crippen LogP contribution in [-0.4, -0.2) is 54.2 Å². The zero-order chi connectivity index (χ0) is 30.9. The van der Waals surface area contributed by atoms with Crippen molar-refractivity contribution in [2.24, 2.45) is 7.05 Å². The molecule has 224 valence electrons. The number of pyridine rings is 2. The summed E-state index contributed by atoms with van der Waals surface area (Å²) in [5.41, 5.74) is 5.74. The van der Waals surface area contributed by atoms with Crippen LogP contribution in [0.5, 0.6) is 0 Å². The summed E-state index contributed by atoms with van der Waals surface area (Å²) in [6.45, 7) is -0.142. The number of anilines is 1. The van der Waals surface area contributed by atoms with Gasteiger partial charge in [-0.15, -0.1) is 0 Å². The number of amides is 2. The second-order valence-corrected chi connectivity index (χ2v) is 10.1. The molecule has 1 aromatic carbocycles. The Morgan fingerprint density at radius 2 is 2.00 bits per heavy atom. The fraction of sp³-hybridized carbons (Fsp3) is 0.267. The van der Waals surface area contributed by atoms with Gasteiger partial charge in [-0.25, -0.2) is 13.9 Å². The number of furan rings is 1. The van der Waals surface area contributed by atoms with Crippen LogP contribution in [0.3, 0.4) is 0 Å². The van der Waals surface area contributed by atoms with Gasteiger partial charge in [0, 0.05) is 36.4 Å². The number of halogens is 4. The first kappa shape index (κ1) is 29.7. The van der Waals surface area contributed by atoms with Gasteiger partial charge in [-0.05, 0) is 48.0 Å². The lowest BCUT2D eigenvalue weighted by atomic mass is 10.0. The summed E-state index contributed by atoms with van der Waals surface area (Å²) in [7, 11) is 2.98. The van der Waals surface area contributed by atoms with Crippen molar-refractivity contribution in [1.29, 1.82) is 0 Å². The molecular formula is C30H28F4N5O4+. The molecule has 1 aliphatic heterocycles. The molecule has 0 radical (unpaired) electrons. The summed E-state index contributed by atoms with van der Waals surface area (Å²) in [5.74, 6) is -0.420. The van der Waals surface area contributed by atoms with Gasteiger partial charge in [0.2, 0.25) is 11.6 Å². The standard InChI is InChI=1S/C30H27F4N5O4/c1-38-14-18(29(41)39-15-23(31)25(16-39)42-2)5-6-24(38)19-9-20-10-21(43-28(20)22(11-19)30(32,33)34)13-37-27(40)8-4-17-3-7-26(35)36-12-17/h3-12,14,23,25H,13,15-16H2,1-2H3,(H2-,35,36,37,40)/p+1. The highest BCUT2D eigenvalue weighted by molar-refractivity contribution is 5.94. The predicted molar refractivity (Wildman–Crippen MR) is 149 cm³/mol. The molecule has 0 saturated carbocycles. The summed E-state index contributed by atoms with van der Waals surface area (Å²) in [4.78, 5) is 30.5. The number of nitrogens with two attached hydrogens (primary N) is 1. The molecule has 2 unspecified atom stereocenters. The number of aromatic nitrogens is 2. The Hall–Kier alpha value is -4.78. The smallest absolute Gasteiger partial charge is 0.420 e. The average molecular weight is 599 g/mol. The number of nitrogens with one attached hydrogen (secondary N) is 1. The molecule has 0 spiro atoms. The molecule has 3 N–H and O–H groups in total. The number of ether oxygens (including phenoxy) is 1. The van der Waals surface area contributed by atoms with E-state index in [1.54, 1.807) is 25.2 Å². The maximum atomic E-state index is 14.1. The molecule has 43 heavy (non-hydrogen) atoms. The lowest BCUT2D eigenvalue weighted by Crippen LogP contribution is -2.35. The molecule has 4 heterocycles. The Labute approximate surface area is 243 Å². The van der Waals surface area contributed by atoms with E-state index in [1.807, 2.05) is 0 Å². The quantitative estimate of drug-likeness (QED) is 0.189. The van der Waals surface area contributed by atoms with E-state index in [-0.39, 0.29) is 47.5 Å². The largest absolute Gasteiger partial charge is 0.459 e. The minimum atomic E-state index is -4.73. The Balaban J connectivity index is 1.37. The number of methoxy groups -OCH3 is 1. The van der Waals surface area contributed by atoms with Crippen molar-refractivity contribution in [1.82, 2.24) is 15.2 Å². The molecule has 4 aromatic rings. The highest BCUT2D eigenvalue weighted by Crippen LogP contribution is 2.39. The van der Waals surface area contributed by atoms with Gasteiger partial charge >= 0.3 is 6.18 Å². The number of hydrogen-bond donors (Lipinski definition) is 2. The van der Waals surface area contributed by atoms with Crippen molar-refractivity contribution in [3.63, 3.8) is 0 Å². The third-order valence-corrected chi connectivity index (χ3v) is 7.11. The molecule has 0 bridgehead atoms. The fourth-order valence-electron chi connectivity index (χ4n) is 4.91. The third kappa shape index (κ3) is 6.51. The van der Waals surface area contributed by atoms with E-state index < -0.39 is 35.8 Å². The molecular weight excluding hydrogens is 570 g/mol. The van der Waals surface area contributed by atoms with Crippen LogP contribution in [0.4, 0.5) is 23.4 Å². The number of aryl methyl sites for hydroxylation is 1. The van der Waals surface area contributed by atoms with Gasteiger partial charge in [-0.1, -0.05) is 0 Å². The van der Waals surface area contributed by atoms with Crippen molar-refractivity contribution in [2.45, 2.75) is 25.0 Å². The van der Waals surface area contributed by atoms with Crippen LogP contribution in [0.1, 0.15) is 27.2 Å².